The highest BCUT2D eigenvalue weighted by Crippen LogP contribution is 2.34. The summed E-state index contributed by atoms with van der Waals surface area (Å²) in [5.41, 5.74) is 3.97. The minimum Gasteiger partial charge on any atom is -0.497 e. The van der Waals surface area contributed by atoms with Crippen LogP contribution in [0.1, 0.15) is 0 Å². The van der Waals surface area contributed by atoms with Gasteiger partial charge in [-0.05, 0) is 42.5 Å². The average molecular weight is 318 g/mol. The topological polar surface area (TPSA) is 72.3 Å². The fraction of sp³-hybridized carbons (Fsp3) is 0.0556. The molecular weight excluding hydrogens is 304 g/mol. The Hall–Kier alpha value is -3.41. The van der Waals surface area contributed by atoms with Crippen LogP contribution in [0.4, 0.5) is 0 Å². The van der Waals surface area contributed by atoms with Crippen LogP contribution in [-0.4, -0.2) is 26.9 Å². The van der Waals surface area contributed by atoms with Gasteiger partial charge >= 0.3 is 0 Å². The molecule has 0 unspecified atom stereocenters. The number of aromatic amines is 1. The first kappa shape index (κ1) is 14.2. The van der Waals surface area contributed by atoms with E-state index in [9.17, 15) is 4.79 Å². The summed E-state index contributed by atoms with van der Waals surface area (Å²) in [7, 11) is 1.63. The maximum Gasteiger partial charge on any atom is 0.264 e. The Morgan fingerprint density at radius 3 is 2.58 bits per heavy atom. The molecule has 3 heterocycles. The molecule has 1 N–H and O–H groups in total. The molecule has 0 aliphatic carbocycles. The van der Waals surface area contributed by atoms with Gasteiger partial charge in [-0.25, -0.2) is 9.61 Å². The zero-order valence-corrected chi connectivity index (χ0v) is 12.9. The Bertz CT molecular complexity index is 1040. The maximum absolute atomic E-state index is 11.3. The van der Waals surface area contributed by atoms with Gasteiger partial charge in [0.25, 0.3) is 5.56 Å². The van der Waals surface area contributed by atoms with Crippen molar-refractivity contribution in [1.29, 1.82) is 0 Å². The Labute approximate surface area is 137 Å². The second kappa shape index (κ2) is 5.66. The van der Waals surface area contributed by atoms with Gasteiger partial charge in [-0.2, -0.15) is 10.2 Å². The van der Waals surface area contributed by atoms with Crippen LogP contribution in [0, 0.1) is 0 Å². The summed E-state index contributed by atoms with van der Waals surface area (Å²) in [6, 6.07) is 16.7. The maximum atomic E-state index is 11.3. The molecule has 24 heavy (non-hydrogen) atoms. The van der Waals surface area contributed by atoms with E-state index in [1.807, 2.05) is 53.2 Å². The molecule has 3 aromatic heterocycles. The van der Waals surface area contributed by atoms with E-state index in [-0.39, 0.29) is 5.56 Å². The van der Waals surface area contributed by atoms with Crippen LogP contribution in [0.5, 0.6) is 5.75 Å². The number of hydrogen-bond donors (Lipinski definition) is 1. The summed E-state index contributed by atoms with van der Waals surface area (Å²) >= 11 is 0. The molecule has 0 fully saturated rings. The number of methoxy groups -OCH3 is 1. The first-order valence-corrected chi connectivity index (χ1v) is 7.44. The molecule has 0 saturated heterocycles. The van der Waals surface area contributed by atoms with Crippen LogP contribution in [0.15, 0.2) is 65.6 Å². The molecule has 0 amide bonds. The number of ether oxygens (including phenoxy) is 1. The van der Waals surface area contributed by atoms with E-state index in [1.165, 1.54) is 6.07 Å². The fourth-order valence-electron chi connectivity index (χ4n) is 2.69. The minimum absolute atomic E-state index is 0.235. The van der Waals surface area contributed by atoms with Crippen molar-refractivity contribution in [3.8, 4) is 28.3 Å². The lowest BCUT2D eigenvalue weighted by Crippen LogP contribution is -2.05. The molecule has 0 aliphatic rings. The Morgan fingerprint density at radius 2 is 1.88 bits per heavy atom. The van der Waals surface area contributed by atoms with E-state index in [0.717, 1.165) is 28.1 Å². The van der Waals surface area contributed by atoms with Gasteiger partial charge in [-0.1, -0.05) is 6.07 Å². The molecule has 6 heteroatoms. The third kappa shape index (κ3) is 2.34. The van der Waals surface area contributed by atoms with Crippen molar-refractivity contribution in [2.24, 2.45) is 0 Å². The van der Waals surface area contributed by atoms with Crippen LogP contribution < -0.4 is 10.3 Å². The number of hydrogen-bond acceptors (Lipinski definition) is 4. The summed E-state index contributed by atoms with van der Waals surface area (Å²) in [4.78, 5) is 11.3. The number of benzene rings is 1. The minimum atomic E-state index is -0.235. The second-order valence-electron chi connectivity index (χ2n) is 5.29. The van der Waals surface area contributed by atoms with Gasteiger partial charge in [0.15, 0.2) is 0 Å². The van der Waals surface area contributed by atoms with Gasteiger partial charge in [0.1, 0.15) is 11.4 Å². The van der Waals surface area contributed by atoms with E-state index < -0.39 is 0 Å². The summed E-state index contributed by atoms with van der Waals surface area (Å²) in [5.74, 6) is 0.784. The molecule has 0 radical (unpaired) electrons. The van der Waals surface area contributed by atoms with Crippen molar-refractivity contribution in [2.75, 3.05) is 7.11 Å². The van der Waals surface area contributed by atoms with Crippen molar-refractivity contribution in [1.82, 2.24) is 19.8 Å². The van der Waals surface area contributed by atoms with Crippen LogP contribution in [-0.2, 0) is 0 Å². The van der Waals surface area contributed by atoms with Crippen LogP contribution in [0.3, 0.4) is 0 Å². The van der Waals surface area contributed by atoms with Crippen LogP contribution >= 0.6 is 0 Å². The van der Waals surface area contributed by atoms with Crippen molar-refractivity contribution >= 4 is 5.52 Å². The number of aromatic nitrogens is 4. The molecule has 4 rings (SSSR count). The zero-order chi connectivity index (χ0) is 16.5. The van der Waals surface area contributed by atoms with Gasteiger partial charge in [0.2, 0.25) is 0 Å². The summed E-state index contributed by atoms with van der Waals surface area (Å²) in [6.07, 6.45) is 1.89. The van der Waals surface area contributed by atoms with Crippen molar-refractivity contribution in [3.05, 3.63) is 71.1 Å². The monoisotopic (exact) mass is 318 g/mol. The van der Waals surface area contributed by atoms with Gasteiger partial charge in [0, 0.05) is 17.8 Å². The first-order chi connectivity index (χ1) is 11.8. The molecule has 6 nitrogen and oxygen atoms in total. The SMILES string of the molecule is COc1ccc(-c2nn3ccccc3c2-c2ccc(=O)[nH]n2)cc1. The van der Waals surface area contributed by atoms with E-state index in [1.54, 1.807) is 13.2 Å². The number of rotatable bonds is 3. The van der Waals surface area contributed by atoms with E-state index in [0.29, 0.717) is 5.69 Å². The third-order valence-electron chi connectivity index (χ3n) is 3.84. The molecule has 0 atom stereocenters. The summed E-state index contributed by atoms with van der Waals surface area (Å²) < 4.78 is 7.02. The molecule has 0 spiro atoms. The van der Waals surface area contributed by atoms with Crippen molar-refractivity contribution in [2.45, 2.75) is 0 Å². The van der Waals surface area contributed by atoms with Gasteiger partial charge in [0.05, 0.1) is 23.9 Å². The standard InChI is InChI=1S/C18H14N4O2/c1-24-13-7-5-12(6-8-13)18-17(14-9-10-16(23)20-19-14)15-4-2-3-11-22(15)21-18/h2-11H,1H3,(H,20,23). The van der Waals surface area contributed by atoms with Gasteiger partial charge in [-0.3, -0.25) is 4.79 Å². The van der Waals surface area contributed by atoms with Crippen LogP contribution in [0.2, 0.25) is 0 Å². The third-order valence-corrected chi connectivity index (χ3v) is 3.84. The Morgan fingerprint density at radius 1 is 1.04 bits per heavy atom. The van der Waals surface area contributed by atoms with E-state index in [2.05, 4.69) is 15.3 Å². The highest BCUT2D eigenvalue weighted by Gasteiger charge is 2.17. The number of fused-ring (bicyclic) bond motifs is 1. The Kier molecular flexibility index (Phi) is 3.35. The zero-order valence-electron chi connectivity index (χ0n) is 12.9. The molecule has 0 bridgehead atoms. The first-order valence-electron chi connectivity index (χ1n) is 7.44. The average Bonchev–Trinajstić information content (AvgIpc) is 3.02. The number of H-pyrrole nitrogens is 1. The molecule has 0 saturated carbocycles. The van der Waals surface area contributed by atoms with Crippen LogP contribution in [0.25, 0.3) is 28.0 Å². The highest BCUT2D eigenvalue weighted by atomic mass is 16.5. The van der Waals surface area contributed by atoms with Crippen molar-refractivity contribution < 1.29 is 4.74 Å². The molecule has 0 aliphatic heterocycles. The quantitative estimate of drug-likeness (QED) is 0.630. The largest absolute Gasteiger partial charge is 0.497 e. The van der Waals surface area contributed by atoms with Crippen molar-refractivity contribution in [3.63, 3.8) is 0 Å². The predicted octanol–water partition coefficient (Wildman–Crippen LogP) is 2.76. The lowest BCUT2D eigenvalue weighted by atomic mass is 10.0. The molecule has 118 valence electrons. The second-order valence-corrected chi connectivity index (χ2v) is 5.29. The normalized spacial score (nSPS) is 10.9. The molecule has 1 aromatic carbocycles. The van der Waals surface area contributed by atoms with E-state index in [4.69, 9.17) is 4.74 Å². The van der Waals surface area contributed by atoms with Gasteiger partial charge in [-0.15, -0.1) is 0 Å². The highest BCUT2D eigenvalue weighted by molar-refractivity contribution is 5.90. The smallest absolute Gasteiger partial charge is 0.264 e. The number of pyridine rings is 1. The Balaban J connectivity index is 1.98. The molecule has 4 aromatic rings. The predicted molar refractivity (Wildman–Crippen MR) is 91.0 cm³/mol. The summed E-state index contributed by atoms with van der Waals surface area (Å²) in [5, 5.41) is 11.3. The van der Waals surface area contributed by atoms with E-state index >= 15 is 0 Å². The number of nitrogens with zero attached hydrogens (tertiary/aromatic N) is 3. The fourth-order valence-corrected chi connectivity index (χ4v) is 2.69. The molecular formula is C18H14N4O2. The van der Waals surface area contributed by atoms with Gasteiger partial charge < -0.3 is 4.74 Å². The number of nitrogens with one attached hydrogen (secondary N) is 1. The lowest BCUT2D eigenvalue weighted by Gasteiger charge is -2.04. The lowest BCUT2D eigenvalue weighted by molar-refractivity contribution is 0.415. The summed E-state index contributed by atoms with van der Waals surface area (Å²) in [6.45, 7) is 0.